The molecule has 0 amide bonds. The highest BCUT2D eigenvalue weighted by molar-refractivity contribution is 5.77. The highest BCUT2D eigenvalue weighted by atomic mass is 16.5. The van der Waals surface area contributed by atoms with Gasteiger partial charge in [-0.1, -0.05) is 0 Å². The first kappa shape index (κ1) is 17.9. The van der Waals surface area contributed by atoms with Gasteiger partial charge in [-0.2, -0.15) is 0 Å². The van der Waals surface area contributed by atoms with Gasteiger partial charge in [-0.3, -0.25) is 4.98 Å². The molecule has 0 fully saturated rings. The number of imidazole rings is 2. The second-order valence-corrected chi connectivity index (χ2v) is 6.95. The Bertz CT molecular complexity index is 1320. The predicted octanol–water partition coefficient (Wildman–Crippen LogP) is 4.64. The van der Waals surface area contributed by atoms with Crippen molar-refractivity contribution in [2.24, 2.45) is 0 Å². The third-order valence-corrected chi connectivity index (χ3v) is 4.91. The standard InChI is InChI=1S/C23H20N6O/c1-16-13-29(15-25-16)21-6-5-18(12-22(21)30-2)26-19-4-3-11-28-14-20(27-23(19)28)17-7-9-24-10-8-17/h3-15,26H,1-2H3. The minimum absolute atomic E-state index is 0.755. The molecule has 0 atom stereocenters. The van der Waals surface area contributed by atoms with Gasteiger partial charge in [0.15, 0.2) is 5.65 Å². The number of methoxy groups -OCH3 is 1. The fraction of sp³-hybridized carbons (Fsp3) is 0.0870. The van der Waals surface area contributed by atoms with Crippen LogP contribution in [0.25, 0.3) is 22.6 Å². The number of anilines is 2. The monoisotopic (exact) mass is 396 g/mol. The van der Waals surface area contributed by atoms with Crippen LogP contribution >= 0.6 is 0 Å². The number of nitrogens with zero attached hydrogens (tertiary/aromatic N) is 5. The molecule has 1 N–H and O–H groups in total. The number of hydrogen-bond donors (Lipinski definition) is 1. The van der Waals surface area contributed by atoms with E-state index < -0.39 is 0 Å². The smallest absolute Gasteiger partial charge is 0.161 e. The first-order chi connectivity index (χ1) is 14.7. The molecule has 7 nitrogen and oxygen atoms in total. The fourth-order valence-corrected chi connectivity index (χ4v) is 3.45. The van der Waals surface area contributed by atoms with E-state index in [9.17, 15) is 0 Å². The average Bonchev–Trinajstić information content (AvgIpc) is 3.41. The highest BCUT2D eigenvalue weighted by Crippen LogP contribution is 2.30. The molecule has 0 aliphatic carbocycles. The summed E-state index contributed by atoms with van der Waals surface area (Å²) in [6.45, 7) is 1.96. The lowest BCUT2D eigenvalue weighted by Gasteiger charge is -2.13. The lowest BCUT2D eigenvalue weighted by atomic mass is 10.2. The number of nitrogens with one attached hydrogen (secondary N) is 1. The van der Waals surface area contributed by atoms with E-state index in [1.54, 1.807) is 25.8 Å². The molecule has 148 valence electrons. The Balaban J connectivity index is 1.50. The van der Waals surface area contributed by atoms with E-state index in [4.69, 9.17) is 9.72 Å². The predicted molar refractivity (Wildman–Crippen MR) is 117 cm³/mol. The van der Waals surface area contributed by atoms with Gasteiger partial charge in [0.05, 0.1) is 36.2 Å². The van der Waals surface area contributed by atoms with Crippen molar-refractivity contribution in [3.8, 4) is 22.7 Å². The second kappa shape index (κ2) is 7.36. The molecule has 4 aromatic heterocycles. The number of hydrogen-bond acceptors (Lipinski definition) is 5. The van der Waals surface area contributed by atoms with Gasteiger partial charge in [0.2, 0.25) is 0 Å². The Morgan fingerprint density at radius 2 is 1.90 bits per heavy atom. The third-order valence-electron chi connectivity index (χ3n) is 4.91. The van der Waals surface area contributed by atoms with Crippen molar-refractivity contribution in [3.05, 3.63) is 85.5 Å². The maximum Gasteiger partial charge on any atom is 0.161 e. The van der Waals surface area contributed by atoms with Crippen LogP contribution in [0.15, 0.2) is 79.8 Å². The minimum Gasteiger partial charge on any atom is -0.494 e. The summed E-state index contributed by atoms with van der Waals surface area (Å²) in [5.74, 6) is 0.755. The molecule has 30 heavy (non-hydrogen) atoms. The van der Waals surface area contributed by atoms with E-state index in [2.05, 4.69) is 15.3 Å². The Labute approximate surface area is 173 Å². The molecule has 0 spiro atoms. The van der Waals surface area contributed by atoms with E-state index in [1.807, 2.05) is 76.9 Å². The SMILES string of the molecule is COc1cc(Nc2cccn3cc(-c4ccncc4)nc23)ccc1-n1cnc(C)c1. The van der Waals surface area contributed by atoms with E-state index in [1.165, 1.54) is 0 Å². The van der Waals surface area contributed by atoms with Gasteiger partial charge in [-0.25, -0.2) is 9.97 Å². The Hall–Kier alpha value is -4.13. The average molecular weight is 396 g/mol. The van der Waals surface area contributed by atoms with Crippen LogP contribution in [0.3, 0.4) is 0 Å². The van der Waals surface area contributed by atoms with Crippen molar-refractivity contribution in [3.63, 3.8) is 0 Å². The zero-order valence-corrected chi connectivity index (χ0v) is 16.6. The molecule has 7 heteroatoms. The summed E-state index contributed by atoms with van der Waals surface area (Å²) >= 11 is 0. The maximum absolute atomic E-state index is 5.62. The van der Waals surface area contributed by atoms with Crippen molar-refractivity contribution in [2.75, 3.05) is 12.4 Å². The molecule has 5 aromatic rings. The molecule has 0 aliphatic rings. The number of aryl methyl sites for hydroxylation is 1. The summed E-state index contributed by atoms with van der Waals surface area (Å²) in [5, 5.41) is 3.47. The largest absolute Gasteiger partial charge is 0.494 e. The summed E-state index contributed by atoms with van der Waals surface area (Å²) in [6, 6.07) is 13.9. The second-order valence-electron chi connectivity index (χ2n) is 6.95. The Morgan fingerprint density at radius 3 is 2.67 bits per heavy atom. The van der Waals surface area contributed by atoms with Crippen LogP contribution in [0.1, 0.15) is 5.69 Å². The summed E-state index contributed by atoms with van der Waals surface area (Å²) < 4.78 is 9.59. The fourth-order valence-electron chi connectivity index (χ4n) is 3.45. The lowest BCUT2D eigenvalue weighted by Crippen LogP contribution is -1.99. The number of rotatable bonds is 5. The van der Waals surface area contributed by atoms with Crippen molar-refractivity contribution >= 4 is 17.0 Å². The van der Waals surface area contributed by atoms with Crippen molar-refractivity contribution < 1.29 is 4.74 Å². The molecule has 1 aromatic carbocycles. The van der Waals surface area contributed by atoms with Crippen molar-refractivity contribution in [1.29, 1.82) is 0 Å². The number of fused-ring (bicyclic) bond motifs is 1. The van der Waals surface area contributed by atoms with E-state index >= 15 is 0 Å². The number of aromatic nitrogens is 5. The first-order valence-electron chi connectivity index (χ1n) is 9.55. The number of benzene rings is 1. The molecule has 0 unspecified atom stereocenters. The van der Waals surface area contributed by atoms with Crippen LogP contribution in [-0.2, 0) is 0 Å². The van der Waals surface area contributed by atoms with Gasteiger partial charge in [0, 0.05) is 48.3 Å². The first-order valence-corrected chi connectivity index (χ1v) is 9.55. The quantitative estimate of drug-likeness (QED) is 0.469. The lowest BCUT2D eigenvalue weighted by molar-refractivity contribution is 0.413. The number of ether oxygens (including phenoxy) is 1. The van der Waals surface area contributed by atoms with Gasteiger partial charge < -0.3 is 19.0 Å². The van der Waals surface area contributed by atoms with Crippen LogP contribution in [0, 0.1) is 6.92 Å². The summed E-state index contributed by atoms with van der Waals surface area (Å²) in [5.41, 5.74) is 6.48. The Morgan fingerprint density at radius 1 is 1.03 bits per heavy atom. The summed E-state index contributed by atoms with van der Waals surface area (Å²) in [4.78, 5) is 13.2. The van der Waals surface area contributed by atoms with Gasteiger partial charge in [-0.15, -0.1) is 0 Å². The van der Waals surface area contributed by atoms with Crippen LogP contribution < -0.4 is 10.1 Å². The summed E-state index contributed by atoms with van der Waals surface area (Å²) in [7, 11) is 1.67. The maximum atomic E-state index is 5.62. The van der Waals surface area contributed by atoms with Gasteiger partial charge in [0.25, 0.3) is 0 Å². The van der Waals surface area contributed by atoms with Crippen molar-refractivity contribution in [2.45, 2.75) is 6.92 Å². The van der Waals surface area contributed by atoms with E-state index in [-0.39, 0.29) is 0 Å². The number of pyridine rings is 2. The molecule has 0 bridgehead atoms. The normalized spacial score (nSPS) is 11.0. The van der Waals surface area contributed by atoms with Gasteiger partial charge >= 0.3 is 0 Å². The molecule has 5 rings (SSSR count). The van der Waals surface area contributed by atoms with Crippen LogP contribution in [0.5, 0.6) is 5.75 Å². The Kier molecular flexibility index (Phi) is 4.40. The zero-order valence-electron chi connectivity index (χ0n) is 16.6. The molecule has 0 aliphatic heterocycles. The third kappa shape index (κ3) is 3.26. The zero-order chi connectivity index (χ0) is 20.5. The molecule has 4 heterocycles. The van der Waals surface area contributed by atoms with Crippen LogP contribution in [-0.4, -0.2) is 31.0 Å². The van der Waals surface area contributed by atoms with Crippen molar-refractivity contribution in [1.82, 2.24) is 23.9 Å². The van der Waals surface area contributed by atoms with Crippen LogP contribution in [0.4, 0.5) is 11.4 Å². The highest BCUT2D eigenvalue weighted by Gasteiger charge is 2.11. The molecule has 0 saturated heterocycles. The molecule has 0 saturated carbocycles. The van der Waals surface area contributed by atoms with Gasteiger partial charge in [-0.05, 0) is 43.3 Å². The van der Waals surface area contributed by atoms with Crippen LogP contribution in [0.2, 0.25) is 0 Å². The van der Waals surface area contributed by atoms with Gasteiger partial charge in [0.1, 0.15) is 5.75 Å². The van der Waals surface area contributed by atoms with E-state index in [0.717, 1.165) is 45.4 Å². The molecular formula is C23H20N6O. The topological polar surface area (TPSA) is 69.3 Å². The summed E-state index contributed by atoms with van der Waals surface area (Å²) in [6.07, 6.45) is 11.3. The van der Waals surface area contributed by atoms with E-state index in [0.29, 0.717) is 0 Å². The molecule has 0 radical (unpaired) electrons. The minimum atomic E-state index is 0.755. The molecular weight excluding hydrogens is 376 g/mol.